The van der Waals surface area contributed by atoms with E-state index in [1.165, 1.54) is 0 Å². The summed E-state index contributed by atoms with van der Waals surface area (Å²) in [6.45, 7) is 0. The van der Waals surface area contributed by atoms with Gasteiger partial charge in [-0.15, -0.1) is 0 Å². The van der Waals surface area contributed by atoms with E-state index in [4.69, 9.17) is 21.7 Å². The second-order valence-electron chi connectivity index (χ2n) is 6.27. The quantitative estimate of drug-likeness (QED) is 0.429. The van der Waals surface area contributed by atoms with Gasteiger partial charge in [-0.1, -0.05) is 41.9 Å². The average molecular weight is 384 g/mol. The third kappa shape index (κ3) is 2.92. The number of hydrogen-bond acceptors (Lipinski definition) is 4. The van der Waals surface area contributed by atoms with E-state index in [-0.39, 0.29) is 0 Å². The summed E-state index contributed by atoms with van der Waals surface area (Å²) < 4.78 is 1.90. The molecule has 6 heteroatoms. The molecule has 2 aromatic carbocycles. The number of para-hydroxylation sites is 1. The first kappa shape index (κ1) is 16.6. The highest BCUT2D eigenvalue weighted by Crippen LogP contribution is 2.31. The third-order valence-corrected chi connectivity index (χ3v) is 4.72. The lowest BCUT2D eigenvalue weighted by Crippen LogP contribution is -1.98. The molecule has 0 aliphatic heterocycles. The van der Waals surface area contributed by atoms with Crippen LogP contribution in [0.3, 0.4) is 0 Å². The minimum atomic E-state index is 0.637. The number of benzene rings is 2. The Hall–Kier alpha value is -3.57. The van der Waals surface area contributed by atoms with Gasteiger partial charge in [-0.25, -0.2) is 14.6 Å². The summed E-state index contributed by atoms with van der Waals surface area (Å²) in [6.07, 6.45) is 5.23. The fourth-order valence-corrected chi connectivity index (χ4v) is 3.27. The van der Waals surface area contributed by atoms with Gasteiger partial charge in [0, 0.05) is 28.5 Å². The molecule has 0 saturated carbocycles. The van der Waals surface area contributed by atoms with Gasteiger partial charge in [-0.05, 0) is 36.4 Å². The molecule has 5 aromatic rings. The van der Waals surface area contributed by atoms with E-state index >= 15 is 0 Å². The largest absolute Gasteiger partial charge is 0.265 e. The summed E-state index contributed by atoms with van der Waals surface area (Å²) in [6, 6.07) is 21.5. The molecule has 0 bridgehead atoms. The van der Waals surface area contributed by atoms with Crippen LogP contribution < -0.4 is 0 Å². The highest BCUT2D eigenvalue weighted by Gasteiger charge is 2.17. The van der Waals surface area contributed by atoms with E-state index < -0.39 is 0 Å². The molecule has 3 heterocycles. The van der Waals surface area contributed by atoms with E-state index in [9.17, 15) is 0 Å². The van der Waals surface area contributed by atoms with Crippen LogP contribution in [0.5, 0.6) is 0 Å². The second kappa shape index (κ2) is 6.87. The van der Waals surface area contributed by atoms with Crippen LogP contribution in [0.1, 0.15) is 0 Å². The van der Waals surface area contributed by atoms with E-state index in [0.717, 1.165) is 33.5 Å². The summed E-state index contributed by atoms with van der Waals surface area (Å²) in [5, 5.41) is 5.45. The first-order valence-corrected chi connectivity index (χ1v) is 9.15. The second-order valence-corrected chi connectivity index (χ2v) is 6.70. The van der Waals surface area contributed by atoms with Crippen molar-refractivity contribution in [1.29, 1.82) is 0 Å². The highest BCUT2D eigenvalue weighted by atomic mass is 35.5. The number of hydrogen-bond donors (Lipinski definition) is 0. The van der Waals surface area contributed by atoms with Crippen molar-refractivity contribution < 1.29 is 0 Å². The topological polar surface area (TPSA) is 56.5 Å². The van der Waals surface area contributed by atoms with Crippen LogP contribution in [0, 0.1) is 0 Å². The number of rotatable bonds is 3. The SMILES string of the molecule is Clc1ccc(-c2c3nc(-c4ccncc4)ncc3nn2-c2ccccc2)cc1. The lowest BCUT2D eigenvalue weighted by molar-refractivity contribution is 0.903. The van der Waals surface area contributed by atoms with Crippen molar-refractivity contribution in [3.63, 3.8) is 0 Å². The fourth-order valence-electron chi connectivity index (χ4n) is 3.14. The molecule has 0 radical (unpaired) electrons. The van der Waals surface area contributed by atoms with Crippen molar-refractivity contribution in [1.82, 2.24) is 24.7 Å². The lowest BCUT2D eigenvalue weighted by Gasteiger charge is -2.08. The van der Waals surface area contributed by atoms with Crippen molar-refractivity contribution >= 4 is 22.6 Å². The standard InChI is InChI=1S/C22H14ClN5/c23-17-8-6-15(7-9-17)21-20-19(27-28(21)18-4-2-1-3-5-18)14-25-22(26-20)16-10-12-24-13-11-16/h1-14H. The zero-order chi connectivity index (χ0) is 18.9. The maximum Gasteiger partial charge on any atom is 0.160 e. The molecular weight excluding hydrogens is 370 g/mol. The number of pyridine rings is 1. The van der Waals surface area contributed by atoms with Gasteiger partial charge >= 0.3 is 0 Å². The molecule has 28 heavy (non-hydrogen) atoms. The molecule has 0 fully saturated rings. The van der Waals surface area contributed by atoms with Gasteiger partial charge in [-0.2, -0.15) is 5.10 Å². The predicted octanol–water partition coefficient (Wildman–Crippen LogP) is 5.20. The molecule has 5 rings (SSSR count). The molecule has 0 amide bonds. The van der Waals surface area contributed by atoms with Crippen LogP contribution in [-0.2, 0) is 0 Å². The van der Waals surface area contributed by atoms with Crippen molar-refractivity contribution in [2.75, 3.05) is 0 Å². The van der Waals surface area contributed by atoms with Crippen molar-refractivity contribution in [3.8, 4) is 28.3 Å². The Morgan fingerprint density at radius 3 is 2.29 bits per heavy atom. The molecule has 0 atom stereocenters. The van der Waals surface area contributed by atoms with E-state index in [0.29, 0.717) is 10.8 Å². The molecule has 134 valence electrons. The molecule has 0 aliphatic carbocycles. The molecule has 0 spiro atoms. The van der Waals surface area contributed by atoms with E-state index in [1.54, 1.807) is 18.6 Å². The van der Waals surface area contributed by atoms with Gasteiger partial charge in [0.1, 0.15) is 16.7 Å². The molecular formula is C22H14ClN5. The highest BCUT2D eigenvalue weighted by molar-refractivity contribution is 6.30. The minimum Gasteiger partial charge on any atom is -0.265 e. The van der Waals surface area contributed by atoms with Crippen LogP contribution in [0.15, 0.2) is 85.3 Å². The number of halogens is 1. The monoisotopic (exact) mass is 383 g/mol. The van der Waals surface area contributed by atoms with Gasteiger partial charge in [0.15, 0.2) is 5.82 Å². The smallest absolute Gasteiger partial charge is 0.160 e. The number of fused-ring (bicyclic) bond motifs is 1. The van der Waals surface area contributed by atoms with Gasteiger partial charge in [0.2, 0.25) is 0 Å². The lowest BCUT2D eigenvalue weighted by atomic mass is 10.1. The Bertz CT molecular complexity index is 1250. The molecule has 3 aromatic heterocycles. The maximum absolute atomic E-state index is 6.10. The maximum atomic E-state index is 6.10. The van der Waals surface area contributed by atoms with Crippen LogP contribution in [0.25, 0.3) is 39.4 Å². The van der Waals surface area contributed by atoms with Gasteiger partial charge in [0.05, 0.1) is 11.9 Å². The van der Waals surface area contributed by atoms with Crippen molar-refractivity contribution in [2.24, 2.45) is 0 Å². The molecule has 5 nitrogen and oxygen atoms in total. The summed E-state index contributed by atoms with van der Waals surface area (Å²) in [5.74, 6) is 0.637. The van der Waals surface area contributed by atoms with Crippen LogP contribution in [-0.4, -0.2) is 24.7 Å². The fraction of sp³-hybridized carbons (Fsp3) is 0. The average Bonchev–Trinajstić information content (AvgIpc) is 3.14. The summed E-state index contributed by atoms with van der Waals surface area (Å²) in [5.41, 5.74) is 5.26. The molecule has 0 aliphatic rings. The summed E-state index contributed by atoms with van der Waals surface area (Å²) in [4.78, 5) is 13.4. The van der Waals surface area contributed by atoms with Crippen LogP contribution >= 0.6 is 11.6 Å². The Morgan fingerprint density at radius 1 is 0.786 bits per heavy atom. The Labute approximate surface area is 166 Å². The van der Waals surface area contributed by atoms with Gasteiger partial charge in [-0.3, -0.25) is 4.98 Å². The molecule has 0 unspecified atom stereocenters. The number of nitrogens with zero attached hydrogens (tertiary/aromatic N) is 5. The Kier molecular flexibility index (Phi) is 4.07. The normalized spacial score (nSPS) is 11.0. The molecule has 0 saturated heterocycles. The van der Waals surface area contributed by atoms with Crippen molar-refractivity contribution in [2.45, 2.75) is 0 Å². The third-order valence-electron chi connectivity index (χ3n) is 4.47. The van der Waals surface area contributed by atoms with Gasteiger partial charge in [0.25, 0.3) is 0 Å². The summed E-state index contributed by atoms with van der Waals surface area (Å²) in [7, 11) is 0. The first-order valence-electron chi connectivity index (χ1n) is 8.77. The molecule has 0 N–H and O–H groups in total. The zero-order valence-corrected chi connectivity index (χ0v) is 15.5. The Morgan fingerprint density at radius 2 is 1.54 bits per heavy atom. The number of aromatic nitrogens is 5. The van der Waals surface area contributed by atoms with Gasteiger partial charge < -0.3 is 0 Å². The summed E-state index contributed by atoms with van der Waals surface area (Å²) >= 11 is 6.10. The predicted molar refractivity (Wildman–Crippen MR) is 110 cm³/mol. The Balaban J connectivity index is 1.80. The van der Waals surface area contributed by atoms with Crippen LogP contribution in [0.4, 0.5) is 0 Å². The first-order chi connectivity index (χ1) is 13.8. The van der Waals surface area contributed by atoms with Crippen LogP contribution in [0.2, 0.25) is 5.02 Å². The minimum absolute atomic E-state index is 0.637. The van der Waals surface area contributed by atoms with E-state index in [2.05, 4.69) is 9.97 Å². The van der Waals surface area contributed by atoms with Crippen molar-refractivity contribution in [3.05, 3.63) is 90.3 Å². The zero-order valence-electron chi connectivity index (χ0n) is 14.7. The van der Waals surface area contributed by atoms with E-state index in [1.807, 2.05) is 71.4 Å².